The van der Waals surface area contributed by atoms with Crippen LogP contribution in [0, 0.1) is 10.1 Å². The molecule has 0 saturated carbocycles. The minimum atomic E-state index is -1.07. The molecule has 0 saturated heterocycles. The maximum absolute atomic E-state index is 13.7. The van der Waals surface area contributed by atoms with E-state index >= 15 is 0 Å². The number of methoxy groups -OCH3 is 1. The number of ether oxygens (including phenoxy) is 2. The largest absolute Gasteiger partial charge is 0.497 e. The molecule has 0 fully saturated rings. The zero-order valence-electron chi connectivity index (χ0n) is 27.6. The first kappa shape index (κ1) is 35.2. The highest BCUT2D eigenvalue weighted by atomic mass is 16.7. The molecule has 0 radical (unpaired) electrons. The van der Waals surface area contributed by atoms with Gasteiger partial charge in [-0.2, -0.15) is 5.06 Å². The van der Waals surface area contributed by atoms with Crippen LogP contribution in [-0.4, -0.2) is 58.2 Å². The number of nitro groups is 1. The summed E-state index contributed by atoms with van der Waals surface area (Å²) >= 11 is 0. The fourth-order valence-electron chi connectivity index (χ4n) is 5.37. The lowest BCUT2D eigenvalue weighted by Gasteiger charge is -2.24. The van der Waals surface area contributed by atoms with Crippen molar-refractivity contribution in [2.24, 2.45) is 0 Å². The van der Waals surface area contributed by atoms with Gasteiger partial charge in [-0.05, 0) is 72.9 Å². The first-order chi connectivity index (χ1) is 24.3. The predicted molar refractivity (Wildman–Crippen MR) is 185 cm³/mol. The maximum Gasteiger partial charge on any atom is 0.364 e. The number of benzene rings is 4. The Hall–Kier alpha value is -6.08. The van der Waals surface area contributed by atoms with Crippen molar-refractivity contribution in [1.82, 2.24) is 15.0 Å². The van der Waals surface area contributed by atoms with E-state index in [-0.39, 0.29) is 25.3 Å². The van der Waals surface area contributed by atoms with Gasteiger partial charge in [0.25, 0.3) is 5.91 Å². The van der Waals surface area contributed by atoms with E-state index in [9.17, 15) is 24.5 Å². The van der Waals surface area contributed by atoms with Crippen molar-refractivity contribution in [2.75, 3.05) is 25.4 Å². The van der Waals surface area contributed by atoms with Gasteiger partial charge in [0.1, 0.15) is 12.4 Å². The highest BCUT2D eigenvalue weighted by Gasteiger charge is 2.28. The summed E-state index contributed by atoms with van der Waals surface area (Å²) in [5.41, 5.74) is 2.09. The van der Waals surface area contributed by atoms with E-state index in [4.69, 9.17) is 14.3 Å². The third kappa shape index (κ3) is 8.68. The number of aromatic amines is 1. The highest BCUT2D eigenvalue weighted by Crippen LogP contribution is 2.27. The zero-order valence-corrected chi connectivity index (χ0v) is 27.6. The molecule has 0 spiro atoms. The molecule has 0 bridgehead atoms. The Morgan fingerprint density at radius 3 is 2.20 bits per heavy atom. The van der Waals surface area contributed by atoms with Crippen LogP contribution in [0.25, 0.3) is 0 Å². The van der Waals surface area contributed by atoms with E-state index in [1.54, 1.807) is 80.8 Å². The van der Waals surface area contributed by atoms with Crippen molar-refractivity contribution < 1.29 is 28.8 Å². The number of aryl methyl sites for hydroxylation is 1. The molecule has 13 nitrogen and oxygen atoms in total. The Bertz CT molecular complexity index is 1930. The number of anilines is 1. The standard InChI is InChI=1S/C37H37N5O8/c1-3-49-37(45)34-36(44)40(39-38-34)33(24-27-15-22-32(48-2)23-16-27)28-17-20-30(21-18-28)41(35(43)29-12-8-5-9-13-29)50-25-31(42(46)47)19-14-26-10-6-4-7-11-26/h4-13,15-18,20-23,31,33,39H,3,14,19,24-25H2,1-2H3. The van der Waals surface area contributed by atoms with Crippen molar-refractivity contribution in [2.45, 2.75) is 38.3 Å². The number of hydroxylamine groups is 1. The number of aromatic nitrogens is 3. The van der Waals surface area contributed by atoms with Crippen LogP contribution in [0.1, 0.15) is 56.9 Å². The van der Waals surface area contributed by atoms with E-state index in [1.807, 2.05) is 42.5 Å². The summed E-state index contributed by atoms with van der Waals surface area (Å²) in [6.45, 7) is 1.37. The van der Waals surface area contributed by atoms with E-state index in [1.165, 1.54) is 4.68 Å². The van der Waals surface area contributed by atoms with Crippen molar-refractivity contribution in [3.8, 4) is 5.75 Å². The third-order valence-corrected chi connectivity index (χ3v) is 8.08. The van der Waals surface area contributed by atoms with Crippen LogP contribution in [0.4, 0.5) is 5.69 Å². The summed E-state index contributed by atoms with van der Waals surface area (Å²) < 4.78 is 11.5. The second-order valence-electron chi connectivity index (χ2n) is 11.3. The fourth-order valence-corrected chi connectivity index (χ4v) is 5.37. The third-order valence-electron chi connectivity index (χ3n) is 8.08. The first-order valence-electron chi connectivity index (χ1n) is 16.1. The van der Waals surface area contributed by atoms with Gasteiger partial charge in [-0.3, -0.25) is 24.5 Å². The van der Waals surface area contributed by atoms with Crippen LogP contribution in [0.3, 0.4) is 0 Å². The van der Waals surface area contributed by atoms with Gasteiger partial charge in [-0.1, -0.05) is 72.8 Å². The molecule has 50 heavy (non-hydrogen) atoms. The molecule has 1 N–H and O–H groups in total. The molecular formula is C37H37N5O8. The number of esters is 1. The molecule has 1 amide bonds. The quantitative estimate of drug-likeness (QED) is 0.0814. The normalized spacial score (nSPS) is 12.1. The number of carbonyl (C=O) groups excluding carboxylic acids is 2. The number of nitrogens with zero attached hydrogens (tertiary/aromatic N) is 4. The Labute approximate surface area is 288 Å². The topological polar surface area (TPSA) is 159 Å². The van der Waals surface area contributed by atoms with Crippen LogP contribution in [0.15, 0.2) is 114 Å². The molecule has 0 aliphatic carbocycles. The first-order valence-corrected chi connectivity index (χ1v) is 16.1. The molecule has 2 atom stereocenters. The number of hydrogen-bond acceptors (Lipinski definition) is 9. The van der Waals surface area contributed by atoms with E-state index in [2.05, 4.69) is 10.3 Å². The number of carbonyl (C=O) groups is 2. The smallest absolute Gasteiger partial charge is 0.364 e. The molecule has 258 valence electrons. The summed E-state index contributed by atoms with van der Waals surface area (Å²) in [5.74, 6) is -0.683. The van der Waals surface area contributed by atoms with Gasteiger partial charge in [0.05, 0.1) is 25.4 Å². The van der Waals surface area contributed by atoms with Crippen molar-refractivity contribution in [3.63, 3.8) is 0 Å². The fraction of sp³-hybridized carbons (Fsp3) is 0.243. The van der Waals surface area contributed by atoms with Crippen molar-refractivity contribution in [3.05, 3.63) is 158 Å². The van der Waals surface area contributed by atoms with Gasteiger partial charge in [0.15, 0.2) is 0 Å². The molecule has 0 aliphatic rings. The molecule has 4 aromatic carbocycles. The number of H-pyrrole nitrogens is 1. The number of hydrogen-bond donors (Lipinski definition) is 1. The average Bonchev–Trinajstić information content (AvgIpc) is 3.53. The molecule has 5 rings (SSSR count). The Kier molecular flexibility index (Phi) is 11.9. The summed E-state index contributed by atoms with van der Waals surface area (Å²) in [5, 5.41) is 19.7. The van der Waals surface area contributed by atoms with Gasteiger partial charge in [-0.15, -0.1) is 5.10 Å². The Balaban J connectivity index is 1.45. The highest BCUT2D eigenvalue weighted by molar-refractivity contribution is 6.04. The van der Waals surface area contributed by atoms with Gasteiger partial charge in [0, 0.05) is 16.9 Å². The second-order valence-corrected chi connectivity index (χ2v) is 11.3. The van der Waals surface area contributed by atoms with Crippen LogP contribution in [-0.2, 0) is 22.4 Å². The lowest BCUT2D eigenvalue weighted by Crippen LogP contribution is -2.36. The van der Waals surface area contributed by atoms with Gasteiger partial charge in [-0.25, -0.2) is 14.7 Å². The van der Waals surface area contributed by atoms with E-state index in [0.29, 0.717) is 35.4 Å². The SMILES string of the molecule is CCOC(=O)c1n[nH]n(C(Cc2ccc(OC)cc2)c2ccc(N(OCC(CCc3ccccc3)[N+](=O)[O-])C(=O)c3ccccc3)cc2)c1=O. The second kappa shape index (κ2) is 16.8. The van der Waals surface area contributed by atoms with Crippen LogP contribution in [0.2, 0.25) is 0 Å². The average molecular weight is 680 g/mol. The number of rotatable bonds is 16. The minimum absolute atomic E-state index is 0.0809. The maximum atomic E-state index is 13.7. The molecule has 1 heterocycles. The van der Waals surface area contributed by atoms with Gasteiger partial charge >= 0.3 is 11.5 Å². The molecule has 2 unspecified atom stereocenters. The summed E-state index contributed by atoms with van der Waals surface area (Å²) in [7, 11) is 1.57. The monoisotopic (exact) mass is 679 g/mol. The molecule has 5 aromatic rings. The molecule has 13 heteroatoms. The van der Waals surface area contributed by atoms with Crippen LogP contribution >= 0.6 is 0 Å². The molecule has 0 aliphatic heterocycles. The van der Waals surface area contributed by atoms with Crippen LogP contribution in [0.5, 0.6) is 5.75 Å². The van der Waals surface area contributed by atoms with Crippen molar-refractivity contribution >= 4 is 17.6 Å². The van der Waals surface area contributed by atoms with E-state index in [0.717, 1.165) is 16.2 Å². The predicted octanol–water partition coefficient (Wildman–Crippen LogP) is 5.45. The zero-order chi connectivity index (χ0) is 35.5. The van der Waals surface area contributed by atoms with Gasteiger partial charge in [0.2, 0.25) is 11.7 Å². The summed E-state index contributed by atoms with van der Waals surface area (Å²) in [6, 6.07) is 30.2. The lowest BCUT2D eigenvalue weighted by atomic mass is 9.98. The van der Waals surface area contributed by atoms with Crippen LogP contribution < -0.4 is 15.4 Å². The minimum Gasteiger partial charge on any atom is -0.497 e. The molecule has 1 aromatic heterocycles. The lowest BCUT2D eigenvalue weighted by molar-refractivity contribution is -0.527. The Morgan fingerprint density at radius 2 is 1.58 bits per heavy atom. The number of nitrogens with one attached hydrogen (secondary N) is 1. The van der Waals surface area contributed by atoms with Gasteiger partial charge < -0.3 is 9.47 Å². The van der Waals surface area contributed by atoms with Crippen molar-refractivity contribution in [1.29, 1.82) is 0 Å². The summed E-state index contributed by atoms with van der Waals surface area (Å²) in [6.07, 6.45) is 1.00. The summed E-state index contributed by atoms with van der Waals surface area (Å²) in [4.78, 5) is 57.1. The number of amides is 1. The van der Waals surface area contributed by atoms with E-state index < -0.39 is 34.4 Å². The Morgan fingerprint density at radius 1 is 0.920 bits per heavy atom. The molecular weight excluding hydrogens is 642 g/mol.